The largest absolute Gasteiger partial charge is 0.347 e. The van der Waals surface area contributed by atoms with Crippen molar-refractivity contribution >= 4 is 5.91 Å². The standard InChI is InChI=1S/C21H30N4O/c1-21(2,3)25-19(12-18(23-25)15-10-11-15)20(26)22-13-16-8-6-7-9-17(16)14-24(4)5/h6-9,12,15H,10-11,13-14H2,1-5H3,(H,22,26). The second kappa shape index (κ2) is 7.23. The normalized spacial score (nSPS) is 14.7. The molecule has 1 saturated carbocycles. The maximum absolute atomic E-state index is 12.9. The maximum atomic E-state index is 12.9. The summed E-state index contributed by atoms with van der Waals surface area (Å²) in [7, 11) is 4.10. The van der Waals surface area contributed by atoms with Crippen LogP contribution in [0.3, 0.4) is 0 Å². The molecule has 0 unspecified atom stereocenters. The van der Waals surface area contributed by atoms with E-state index in [1.165, 1.54) is 18.4 Å². The van der Waals surface area contributed by atoms with Crippen LogP contribution in [-0.2, 0) is 18.6 Å². The summed E-state index contributed by atoms with van der Waals surface area (Å²) in [5.41, 5.74) is 3.88. The van der Waals surface area contributed by atoms with Crippen LogP contribution in [0, 0.1) is 0 Å². The number of hydrogen-bond acceptors (Lipinski definition) is 3. The molecule has 1 amide bonds. The highest BCUT2D eigenvalue weighted by Crippen LogP contribution is 2.40. The highest BCUT2D eigenvalue weighted by Gasteiger charge is 2.31. The number of carbonyl (C=O) groups is 1. The lowest BCUT2D eigenvalue weighted by molar-refractivity contribution is 0.0932. The Morgan fingerprint density at radius 1 is 1.23 bits per heavy atom. The van der Waals surface area contributed by atoms with Gasteiger partial charge < -0.3 is 10.2 Å². The van der Waals surface area contributed by atoms with E-state index in [9.17, 15) is 4.79 Å². The Balaban J connectivity index is 1.77. The molecular formula is C21H30N4O. The fourth-order valence-corrected chi connectivity index (χ4v) is 3.14. The van der Waals surface area contributed by atoms with Gasteiger partial charge in [0.05, 0.1) is 11.2 Å². The van der Waals surface area contributed by atoms with Gasteiger partial charge in [0.15, 0.2) is 0 Å². The van der Waals surface area contributed by atoms with E-state index in [4.69, 9.17) is 5.10 Å². The smallest absolute Gasteiger partial charge is 0.269 e. The first-order valence-corrected chi connectivity index (χ1v) is 9.36. The van der Waals surface area contributed by atoms with E-state index >= 15 is 0 Å². The van der Waals surface area contributed by atoms with Crippen LogP contribution in [0.25, 0.3) is 0 Å². The molecule has 26 heavy (non-hydrogen) atoms. The minimum absolute atomic E-state index is 0.0565. The molecule has 0 atom stereocenters. The Bertz CT molecular complexity index is 782. The van der Waals surface area contributed by atoms with Gasteiger partial charge in [0.25, 0.3) is 5.91 Å². The number of nitrogens with one attached hydrogen (secondary N) is 1. The van der Waals surface area contributed by atoms with Gasteiger partial charge in [-0.2, -0.15) is 5.10 Å². The summed E-state index contributed by atoms with van der Waals surface area (Å²) in [6.07, 6.45) is 2.36. The summed E-state index contributed by atoms with van der Waals surface area (Å²) < 4.78 is 1.88. The Labute approximate surface area is 156 Å². The second-order valence-electron chi connectivity index (χ2n) is 8.50. The predicted octanol–water partition coefficient (Wildman–Crippen LogP) is 3.51. The molecule has 0 aliphatic heterocycles. The Morgan fingerprint density at radius 2 is 1.88 bits per heavy atom. The van der Waals surface area contributed by atoms with Crippen molar-refractivity contribution in [2.45, 2.75) is 58.2 Å². The van der Waals surface area contributed by atoms with Crippen molar-refractivity contribution in [3.63, 3.8) is 0 Å². The molecule has 1 fully saturated rings. The van der Waals surface area contributed by atoms with E-state index in [0.717, 1.165) is 17.8 Å². The number of nitrogens with zero attached hydrogens (tertiary/aromatic N) is 3. The van der Waals surface area contributed by atoms with E-state index in [1.54, 1.807) is 0 Å². The Morgan fingerprint density at radius 3 is 2.46 bits per heavy atom. The Hall–Kier alpha value is -2.14. The van der Waals surface area contributed by atoms with Crippen molar-refractivity contribution in [1.29, 1.82) is 0 Å². The summed E-state index contributed by atoms with van der Waals surface area (Å²) in [5.74, 6) is 0.477. The molecule has 140 valence electrons. The van der Waals surface area contributed by atoms with Crippen molar-refractivity contribution in [2.75, 3.05) is 14.1 Å². The van der Waals surface area contributed by atoms with Crippen LogP contribution >= 0.6 is 0 Å². The summed E-state index contributed by atoms with van der Waals surface area (Å²) >= 11 is 0. The van der Waals surface area contributed by atoms with E-state index < -0.39 is 0 Å². The van der Waals surface area contributed by atoms with Gasteiger partial charge in [-0.15, -0.1) is 0 Å². The average molecular weight is 354 g/mol. The predicted molar refractivity (Wildman–Crippen MR) is 104 cm³/mol. The maximum Gasteiger partial charge on any atom is 0.269 e. The second-order valence-corrected chi connectivity index (χ2v) is 8.50. The third-order valence-electron chi connectivity index (χ3n) is 4.64. The lowest BCUT2D eigenvalue weighted by Crippen LogP contribution is -2.32. The highest BCUT2D eigenvalue weighted by molar-refractivity contribution is 5.92. The summed E-state index contributed by atoms with van der Waals surface area (Å²) in [6, 6.07) is 10.2. The number of aromatic nitrogens is 2. The molecule has 3 rings (SSSR count). The van der Waals surface area contributed by atoms with Gasteiger partial charge in [-0.05, 0) is 64.9 Å². The number of amides is 1. The molecule has 0 spiro atoms. The number of benzene rings is 1. The lowest BCUT2D eigenvalue weighted by atomic mass is 10.1. The van der Waals surface area contributed by atoms with Crippen LogP contribution in [-0.4, -0.2) is 34.7 Å². The molecule has 1 N–H and O–H groups in total. The van der Waals surface area contributed by atoms with Gasteiger partial charge in [0.1, 0.15) is 5.69 Å². The zero-order valence-electron chi connectivity index (χ0n) is 16.5. The molecule has 1 aromatic heterocycles. The van der Waals surface area contributed by atoms with Crippen LogP contribution in [0.5, 0.6) is 0 Å². The molecule has 1 aliphatic rings. The Kier molecular flexibility index (Phi) is 5.19. The molecule has 1 heterocycles. The first kappa shape index (κ1) is 18.6. The van der Waals surface area contributed by atoms with Crippen molar-refractivity contribution in [1.82, 2.24) is 20.0 Å². The van der Waals surface area contributed by atoms with Gasteiger partial charge >= 0.3 is 0 Å². The fourth-order valence-electron chi connectivity index (χ4n) is 3.14. The topological polar surface area (TPSA) is 50.2 Å². The zero-order valence-corrected chi connectivity index (χ0v) is 16.5. The monoisotopic (exact) mass is 354 g/mol. The van der Waals surface area contributed by atoms with Gasteiger partial charge in [-0.1, -0.05) is 24.3 Å². The molecule has 0 radical (unpaired) electrons. The van der Waals surface area contributed by atoms with Crippen LogP contribution in [0.2, 0.25) is 0 Å². The average Bonchev–Trinajstić information content (AvgIpc) is 3.30. The van der Waals surface area contributed by atoms with Crippen molar-refractivity contribution < 1.29 is 4.79 Å². The summed E-state index contributed by atoms with van der Waals surface area (Å²) in [6.45, 7) is 7.63. The molecule has 1 aromatic carbocycles. The highest BCUT2D eigenvalue weighted by atomic mass is 16.2. The third-order valence-corrected chi connectivity index (χ3v) is 4.64. The van der Waals surface area contributed by atoms with Gasteiger partial charge in [0, 0.05) is 19.0 Å². The molecule has 0 saturated heterocycles. The fraction of sp³-hybridized carbons (Fsp3) is 0.524. The molecule has 1 aliphatic carbocycles. The van der Waals surface area contributed by atoms with Gasteiger partial charge in [-0.3, -0.25) is 9.48 Å². The van der Waals surface area contributed by atoms with E-state index in [2.05, 4.69) is 57.2 Å². The first-order chi connectivity index (χ1) is 12.3. The molecular weight excluding hydrogens is 324 g/mol. The van der Waals surface area contributed by atoms with E-state index in [1.807, 2.05) is 22.9 Å². The van der Waals surface area contributed by atoms with Crippen molar-refractivity contribution in [2.24, 2.45) is 0 Å². The van der Waals surface area contributed by atoms with Crippen LogP contribution in [0.1, 0.15) is 66.8 Å². The molecule has 5 nitrogen and oxygen atoms in total. The molecule has 5 heteroatoms. The number of carbonyl (C=O) groups excluding carboxylic acids is 1. The van der Waals surface area contributed by atoms with E-state index in [0.29, 0.717) is 18.2 Å². The van der Waals surface area contributed by atoms with E-state index in [-0.39, 0.29) is 11.4 Å². The molecule has 0 bridgehead atoms. The van der Waals surface area contributed by atoms with Gasteiger partial charge in [0.2, 0.25) is 0 Å². The summed E-state index contributed by atoms with van der Waals surface area (Å²) in [4.78, 5) is 15.0. The SMILES string of the molecule is CN(C)Cc1ccccc1CNC(=O)c1cc(C2CC2)nn1C(C)(C)C. The number of rotatable bonds is 6. The van der Waals surface area contributed by atoms with Crippen molar-refractivity contribution in [3.8, 4) is 0 Å². The minimum Gasteiger partial charge on any atom is -0.347 e. The quantitative estimate of drug-likeness (QED) is 0.864. The molecule has 2 aromatic rings. The van der Waals surface area contributed by atoms with Crippen LogP contribution in [0.4, 0.5) is 0 Å². The minimum atomic E-state index is -0.220. The summed E-state index contributed by atoms with van der Waals surface area (Å²) in [5, 5.41) is 7.82. The van der Waals surface area contributed by atoms with Crippen LogP contribution in [0.15, 0.2) is 30.3 Å². The first-order valence-electron chi connectivity index (χ1n) is 9.36. The zero-order chi connectivity index (χ0) is 18.9. The third kappa shape index (κ3) is 4.33. The van der Waals surface area contributed by atoms with Crippen molar-refractivity contribution in [3.05, 3.63) is 52.8 Å². The lowest BCUT2D eigenvalue weighted by Gasteiger charge is -2.22. The van der Waals surface area contributed by atoms with Crippen LogP contribution < -0.4 is 5.32 Å². The number of hydrogen-bond donors (Lipinski definition) is 1. The van der Waals surface area contributed by atoms with Gasteiger partial charge in [-0.25, -0.2) is 0 Å².